The number of aromatic nitrogens is 3. The van der Waals surface area contributed by atoms with E-state index in [4.69, 9.17) is 16.6 Å². The molecule has 0 saturated carbocycles. The first-order valence-corrected chi connectivity index (χ1v) is 12.3. The molecule has 0 radical (unpaired) electrons. The van der Waals surface area contributed by atoms with Gasteiger partial charge >= 0.3 is 0 Å². The predicted octanol–water partition coefficient (Wildman–Crippen LogP) is 4.18. The number of rotatable bonds is 7. The molecule has 1 atom stereocenters. The smallest absolute Gasteiger partial charge is 0.227 e. The third-order valence-electron chi connectivity index (χ3n) is 6.82. The number of aliphatic hydroxyl groups is 1. The molecule has 4 aromatic rings. The second-order valence-electron chi connectivity index (χ2n) is 9.34. The predicted molar refractivity (Wildman–Crippen MR) is 144 cm³/mol. The summed E-state index contributed by atoms with van der Waals surface area (Å²) >= 11 is 6.43. The van der Waals surface area contributed by atoms with Crippen molar-refractivity contribution in [3.05, 3.63) is 64.9 Å². The maximum Gasteiger partial charge on any atom is 0.227 e. The molecule has 1 amide bonds. The summed E-state index contributed by atoms with van der Waals surface area (Å²) in [6, 6.07) is 13.5. The average molecular weight is 516 g/mol. The number of carbonyl (C=O) groups is 1. The zero-order valence-electron chi connectivity index (χ0n) is 20.5. The van der Waals surface area contributed by atoms with E-state index >= 15 is 0 Å². The van der Waals surface area contributed by atoms with Crippen LogP contribution in [0.1, 0.15) is 24.5 Å². The van der Waals surface area contributed by atoms with Crippen molar-refractivity contribution >= 4 is 45.7 Å². The molecule has 37 heavy (non-hydrogen) atoms. The summed E-state index contributed by atoms with van der Waals surface area (Å²) in [7, 11) is 1.62. The van der Waals surface area contributed by atoms with Crippen LogP contribution in [0.3, 0.4) is 0 Å². The summed E-state index contributed by atoms with van der Waals surface area (Å²) in [5.41, 5.74) is 4.72. The number of carbonyl (C=O) groups excluding carboxylic acids is 1. The van der Waals surface area contributed by atoms with Crippen molar-refractivity contribution in [2.75, 3.05) is 30.8 Å². The fourth-order valence-electron chi connectivity index (χ4n) is 4.67. The van der Waals surface area contributed by atoms with E-state index in [1.54, 1.807) is 25.4 Å². The minimum absolute atomic E-state index is 0.0337. The van der Waals surface area contributed by atoms with Gasteiger partial charge in [0, 0.05) is 60.3 Å². The summed E-state index contributed by atoms with van der Waals surface area (Å²) in [6.07, 6.45) is 3.94. The second kappa shape index (κ2) is 9.73. The lowest BCUT2D eigenvalue weighted by molar-refractivity contribution is -0.120. The number of hydrogen-bond acceptors (Lipinski definition) is 7. The molecule has 10 heteroatoms. The molecule has 2 aromatic carbocycles. The van der Waals surface area contributed by atoms with E-state index < -0.39 is 5.41 Å². The van der Waals surface area contributed by atoms with E-state index in [9.17, 15) is 15.2 Å². The van der Waals surface area contributed by atoms with Crippen molar-refractivity contribution in [3.8, 4) is 17.3 Å². The molecule has 0 saturated heterocycles. The SMILES string of the molecule is CNC(=O)CCn1ccc2c(Nc3nccc(-c4cc(C#N)c5c(c4)C(C)(CO)CN5)n3)cc(Cl)cc21. The molecule has 2 aromatic heterocycles. The molecule has 1 aliphatic heterocycles. The number of fused-ring (bicyclic) bond motifs is 2. The van der Waals surface area contributed by atoms with Gasteiger partial charge in [0.25, 0.3) is 0 Å². The Morgan fingerprint density at radius 2 is 2.16 bits per heavy atom. The van der Waals surface area contributed by atoms with Gasteiger partial charge in [0.2, 0.25) is 11.9 Å². The molecule has 1 aliphatic rings. The molecule has 0 aliphatic carbocycles. The Hall–Kier alpha value is -4.13. The summed E-state index contributed by atoms with van der Waals surface area (Å²) < 4.78 is 1.99. The number of aryl methyl sites for hydroxylation is 1. The van der Waals surface area contributed by atoms with E-state index in [1.807, 2.05) is 42.0 Å². The standard InChI is InChI=1S/C27H26ClN7O2/c1-27(15-36)14-32-25-17(13-29)9-16(10-20(25)27)21-3-6-31-26(33-21)34-22-11-18(28)12-23-19(22)4-7-35(23)8-5-24(37)30-2/h3-4,6-7,9-12,32,36H,5,8,14-15H2,1-2H3,(H,30,37)(H,31,33,34). The Labute approximate surface area is 219 Å². The van der Waals surface area contributed by atoms with Crippen LogP contribution >= 0.6 is 11.6 Å². The molecule has 0 bridgehead atoms. The van der Waals surface area contributed by atoms with E-state index in [0.29, 0.717) is 41.7 Å². The maximum atomic E-state index is 11.7. The number of nitrogens with zero attached hydrogens (tertiary/aromatic N) is 4. The first-order chi connectivity index (χ1) is 17.8. The van der Waals surface area contributed by atoms with Crippen LogP contribution in [0.4, 0.5) is 17.3 Å². The van der Waals surface area contributed by atoms with Gasteiger partial charge < -0.3 is 25.6 Å². The number of nitriles is 1. The van der Waals surface area contributed by atoms with E-state index in [1.165, 1.54) is 0 Å². The van der Waals surface area contributed by atoms with Gasteiger partial charge in [-0.15, -0.1) is 0 Å². The Morgan fingerprint density at radius 3 is 2.92 bits per heavy atom. The van der Waals surface area contributed by atoms with E-state index in [0.717, 1.165) is 33.4 Å². The van der Waals surface area contributed by atoms with E-state index in [-0.39, 0.29) is 12.5 Å². The monoisotopic (exact) mass is 515 g/mol. The van der Waals surface area contributed by atoms with Crippen LogP contribution in [0.5, 0.6) is 0 Å². The van der Waals surface area contributed by atoms with Crippen molar-refractivity contribution in [2.45, 2.75) is 25.3 Å². The van der Waals surface area contributed by atoms with Gasteiger partial charge in [-0.1, -0.05) is 18.5 Å². The summed E-state index contributed by atoms with van der Waals surface area (Å²) in [5.74, 6) is 0.342. The second-order valence-corrected chi connectivity index (χ2v) is 9.78. The number of aliphatic hydroxyl groups excluding tert-OH is 1. The first-order valence-electron chi connectivity index (χ1n) is 11.9. The number of nitrogens with one attached hydrogen (secondary N) is 3. The van der Waals surface area contributed by atoms with Crippen LogP contribution in [0, 0.1) is 11.3 Å². The van der Waals surface area contributed by atoms with Gasteiger partial charge in [-0.25, -0.2) is 9.97 Å². The number of amides is 1. The van der Waals surface area contributed by atoms with Crippen LogP contribution in [-0.4, -0.2) is 45.7 Å². The molecular formula is C27H26ClN7O2. The molecular weight excluding hydrogens is 490 g/mol. The van der Waals surface area contributed by atoms with Crippen molar-refractivity contribution in [1.82, 2.24) is 19.9 Å². The van der Waals surface area contributed by atoms with Crippen molar-refractivity contribution in [1.29, 1.82) is 5.26 Å². The quantitative estimate of drug-likeness (QED) is 0.290. The summed E-state index contributed by atoms with van der Waals surface area (Å²) in [4.78, 5) is 20.8. The van der Waals surface area contributed by atoms with Gasteiger partial charge in [-0.2, -0.15) is 5.26 Å². The highest BCUT2D eigenvalue weighted by Gasteiger charge is 2.36. The third kappa shape index (κ3) is 4.57. The molecule has 0 fully saturated rings. The number of benzene rings is 2. The highest BCUT2D eigenvalue weighted by Crippen LogP contribution is 2.41. The highest BCUT2D eigenvalue weighted by atomic mass is 35.5. The van der Waals surface area contributed by atoms with Crippen molar-refractivity contribution in [2.24, 2.45) is 0 Å². The summed E-state index contributed by atoms with van der Waals surface area (Å²) in [6.45, 7) is 3.01. The van der Waals surface area contributed by atoms with E-state index in [2.05, 4.69) is 27.0 Å². The van der Waals surface area contributed by atoms with Gasteiger partial charge in [-0.05, 0) is 42.0 Å². The molecule has 4 N–H and O–H groups in total. The fraction of sp³-hybridized carbons (Fsp3) is 0.259. The number of hydrogen-bond donors (Lipinski definition) is 4. The Bertz CT molecular complexity index is 1560. The Morgan fingerprint density at radius 1 is 1.32 bits per heavy atom. The molecule has 9 nitrogen and oxygen atoms in total. The zero-order valence-corrected chi connectivity index (χ0v) is 21.2. The normalized spacial score (nSPS) is 16.2. The third-order valence-corrected chi connectivity index (χ3v) is 7.04. The molecule has 188 valence electrons. The molecule has 0 spiro atoms. The topological polar surface area (TPSA) is 128 Å². The van der Waals surface area contributed by atoms with Gasteiger partial charge in [0.05, 0.1) is 34.8 Å². The van der Waals surface area contributed by atoms with Crippen molar-refractivity contribution < 1.29 is 9.90 Å². The van der Waals surface area contributed by atoms with Crippen LogP contribution < -0.4 is 16.0 Å². The minimum Gasteiger partial charge on any atom is -0.395 e. The molecule has 3 heterocycles. The van der Waals surface area contributed by atoms with Crippen LogP contribution in [0.15, 0.2) is 48.8 Å². The van der Waals surface area contributed by atoms with Crippen LogP contribution in [-0.2, 0) is 16.8 Å². The van der Waals surface area contributed by atoms with Gasteiger partial charge in [-0.3, -0.25) is 4.79 Å². The maximum absolute atomic E-state index is 11.7. The molecule has 1 unspecified atom stereocenters. The average Bonchev–Trinajstić information content (AvgIpc) is 3.48. The first kappa shape index (κ1) is 24.6. The lowest BCUT2D eigenvalue weighted by Gasteiger charge is -2.21. The van der Waals surface area contributed by atoms with Gasteiger partial charge in [0.15, 0.2) is 0 Å². The molecule has 5 rings (SSSR count). The zero-order chi connectivity index (χ0) is 26.2. The minimum atomic E-state index is -0.484. The lowest BCUT2D eigenvalue weighted by atomic mass is 9.83. The van der Waals surface area contributed by atoms with Gasteiger partial charge in [0.1, 0.15) is 6.07 Å². The number of anilines is 3. The number of halogens is 1. The largest absolute Gasteiger partial charge is 0.395 e. The van der Waals surface area contributed by atoms with Crippen molar-refractivity contribution in [3.63, 3.8) is 0 Å². The summed E-state index contributed by atoms with van der Waals surface area (Å²) in [5, 5.41) is 30.4. The fourth-order valence-corrected chi connectivity index (χ4v) is 4.88. The van der Waals surface area contributed by atoms with Crippen LogP contribution in [0.2, 0.25) is 5.02 Å². The Balaban J connectivity index is 1.49. The van der Waals surface area contributed by atoms with Crippen LogP contribution in [0.25, 0.3) is 22.2 Å². The lowest BCUT2D eigenvalue weighted by Crippen LogP contribution is -2.28. The Kier molecular flexibility index (Phi) is 6.46. The highest BCUT2D eigenvalue weighted by molar-refractivity contribution is 6.32.